The lowest BCUT2D eigenvalue weighted by Gasteiger charge is -2.24. The molecule has 0 aliphatic rings. The number of benzene rings is 2. The summed E-state index contributed by atoms with van der Waals surface area (Å²) in [6.07, 6.45) is 2.75. The average molecular weight is 430 g/mol. The number of anilines is 2. The van der Waals surface area contributed by atoms with Gasteiger partial charge in [-0.05, 0) is 55.8 Å². The summed E-state index contributed by atoms with van der Waals surface area (Å²) < 4.78 is 27.5. The smallest absolute Gasteiger partial charge is 0.266 e. The highest BCUT2D eigenvalue weighted by Crippen LogP contribution is 2.25. The Morgan fingerprint density at radius 2 is 1.79 bits per heavy atom. The number of aromatic nitrogens is 1. The fraction of sp³-hybridized carbons (Fsp3) is 0.143. The molecule has 0 unspecified atom stereocenters. The zero-order valence-electron chi connectivity index (χ0n) is 16.0. The number of hydrogen-bond acceptors (Lipinski definition) is 4. The third-order valence-electron chi connectivity index (χ3n) is 4.37. The third-order valence-corrected chi connectivity index (χ3v) is 6.54. The van der Waals surface area contributed by atoms with E-state index in [1.807, 2.05) is 6.92 Å². The van der Waals surface area contributed by atoms with Crippen molar-refractivity contribution < 1.29 is 13.2 Å². The van der Waals surface area contributed by atoms with Gasteiger partial charge in [0, 0.05) is 23.1 Å². The molecule has 0 radical (unpaired) electrons. The van der Waals surface area contributed by atoms with E-state index in [-0.39, 0.29) is 4.90 Å². The number of amides is 1. The molecular formula is C21H20ClN3O3S. The van der Waals surface area contributed by atoms with Crippen LogP contribution in [0.3, 0.4) is 0 Å². The molecule has 0 aliphatic heterocycles. The summed E-state index contributed by atoms with van der Waals surface area (Å²) in [6.45, 7) is 3.28. The molecule has 8 heteroatoms. The predicted molar refractivity (Wildman–Crippen MR) is 115 cm³/mol. The van der Waals surface area contributed by atoms with Crippen LogP contribution in [0.15, 0.2) is 71.9 Å². The van der Waals surface area contributed by atoms with Crippen LogP contribution in [0.5, 0.6) is 0 Å². The maximum Gasteiger partial charge on any atom is 0.266 e. The van der Waals surface area contributed by atoms with Crippen molar-refractivity contribution >= 4 is 38.9 Å². The number of nitrogens with one attached hydrogen (secondary N) is 1. The highest BCUT2D eigenvalue weighted by Gasteiger charge is 2.27. The first kappa shape index (κ1) is 20.8. The van der Waals surface area contributed by atoms with Crippen LogP contribution in [0.4, 0.5) is 11.4 Å². The second-order valence-corrected chi connectivity index (χ2v) is 8.77. The number of carbonyl (C=O) groups is 1. The molecule has 29 heavy (non-hydrogen) atoms. The van der Waals surface area contributed by atoms with E-state index < -0.39 is 22.5 Å². The van der Waals surface area contributed by atoms with Gasteiger partial charge in [0.2, 0.25) is 5.91 Å². The second-order valence-electron chi connectivity index (χ2n) is 6.50. The Hall–Kier alpha value is -2.90. The van der Waals surface area contributed by atoms with Gasteiger partial charge in [0.1, 0.15) is 11.4 Å². The van der Waals surface area contributed by atoms with Crippen LogP contribution in [-0.2, 0) is 14.8 Å². The Morgan fingerprint density at radius 3 is 2.45 bits per heavy atom. The monoisotopic (exact) mass is 429 g/mol. The number of carbonyl (C=O) groups excluding carboxylic acids is 1. The van der Waals surface area contributed by atoms with Crippen LogP contribution in [0, 0.1) is 13.8 Å². The van der Waals surface area contributed by atoms with Crippen molar-refractivity contribution in [3.8, 4) is 0 Å². The predicted octanol–water partition coefficient (Wildman–Crippen LogP) is 4.19. The van der Waals surface area contributed by atoms with Gasteiger partial charge in [-0.15, -0.1) is 0 Å². The molecule has 3 rings (SSSR count). The zero-order valence-corrected chi connectivity index (χ0v) is 17.5. The molecule has 1 N–H and O–H groups in total. The standard InChI is InChI=1S/C21H20ClN3O3S/c1-15-8-10-17(11-9-15)25(29(27,28)18-5-4-12-23-13-18)14-21(26)24-20-7-3-6-19(22)16(20)2/h3-13H,14H2,1-2H3,(H,24,26). The summed E-state index contributed by atoms with van der Waals surface area (Å²) in [7, 11) is -3.99. The minimum atomic E-state index is -3.99. The maximum atomic E-state index is 13.2. The van der Waals surface area contributed by atoms with Gasteiger partial charge >= 0.3 is 0 Å². The Labute approximate surface area is 175 Å². The van der Waals surface area contributed by atoms with Gasteiger partial charge in [0.25, 0.3) is 10.0 Å². The normalized spacial score (nSPS) is 11.1. The third kappa shape index (κ3) is 4.75. The minimum absolute atomic E-state index is 0.00677. The van der Waals surface area contributed by atoms with Gasteiger partial charge in [-0.25, -0.2) is 8.42 Å². The summed E-state index contributed by atoms with van der Waals surface area (Å²) in [4.78, 5) is 16.6. The van der Waals surface area contributed by atoms with E-state index in [1.165, 1.54) is 24.5 Å². The summed E-state index contributed by atoms with van der Waals surface area (Å²) in [6, 6.07) is 15.1. The Balaban J connectivity index is 1.94. The van der Waals surface area contributed by atoms with E-state index in [2.05, 4.69) is 10.3 Å². The lowest BCUT2D eigenvalue weighted by Crippen LogP contribution is -2.38. The molecule has 1 heterocycles. The van der Waals surface area contributed by atoms with E-state index >= 15 is 0 Å². The number of rotatable bonds is 6. The van der Waals surface area contributed by atoms with Crippen molar-refractivity contribution in [1.29, 1.82) is 0 Å². The maximum absolute atomic E-state index is 13.2. The van der Waals surface area contributed by atoms with Crippen molar-refractivity contribution in [3.05, 3.63) is 83.1 Å². The quantitative estimate of drug-likeness (QED) is 0.637. The van der Waals surface area contributed by atoms with Crippen molar-refractivity contribution in [3.63, 3.8) is 0 Å². The van der Waals surface area contributed by atoms with E-state index in [1.54, 1.807) is 49.4 Å². The Bertz CT molecular complexity index is 1120. The first-order valence-corrected chi connectivity index (χ1v) is 10.7. The summed E-state index contributed by atoms with van der Waals surface area (Å²) >= 11 is 6.10. The fourth-order valence-corrected chi connectivity index (χ4v) is 4.28. The van der Waals surface area contributed by atoms with E-state index in [0.717, 1.165) is 9.87 Å². The summed E-state index contributed by atoms with van der Waals surface area (Å²) in [5.74, 6) is -0.483. The molecule has 2 aromatic carbocycles. The second kappa shape index (κ2) is 8.63. The first-order valence-electron chi connectivity index (χ1n) is 8.83. The summed E-state index contributed by atoms with van der Waals surface area (Å²) in [5.41, 5.74) is 2.61. The SMILES string of the molecule is Cc1ccc(N(CC(=O)Nc2cccc(Cl)c2C)S(=O)(=O)c2cccnc2)cc1. The molecular weight excluding hydrogens is 410 g/mol. The number of pyridine rings is 1. The van der Waals surface area contributed by atoms with E-state index in [4.69, 9.17) is 11.6 Å². The number of hydrogen-bond donors (Lipinski definition) is 1. The van der Waals surface area contributed by atoms with Gasteiger partial charge in [-0.2, -0.15) is 0 Å². The van der Waals surface area contributed by atoms with Crippen molar-refractivity contribution in [2.45, 2.75) is 18.7 Å². The Kier molecular flexibility index (Phi) is 6.20. The van der Waals surface area contributed by atoms with Gasteiger partial charge < -0.3 is 5.32 Å². The van der Waals surface area contributed by atoms with Crippen LogP contribution in [0.1, 0.15) is 11.1 Å². The first-order chi connectivity index (χ1) is 13.8. The van der Waals surface area contributed by atoms with Gasteiger partial charge in [-0.3, -0.25) is 14.1 Å². The van der Waals surface area contributed by atoms with Gasteiger partial charge in [0.15, 0.2) is 0 Å². The molecule has 6 nitrogen and oxygen atoms in total. The van der Waals surface area contributed by atoms with Crippen LogP contribution in [0.25, 0.3) is 0 Å². The lowest BCUT2D eigenvalue weighted by molar-refractivity contribution is -0.114. The average Bonchev–Trinajstić information content (AvgIpc) is 2.71. The van der Waals surface area contributed by atoms with Crippen molar-refractivity contribution in [1.82, 2.24) is 4.98 Å². The van der Waals surface area contributed by atoms with Crippen molar-refractivity contribution in [2.75, 3.05) is 16.2 Å². The summed E-state index contributed by atoms with van der Waals surface area (Å²) in [5, 5.41) is 3.26. The fourth-order valence-electron chi connectivity index (χ4n) is 2.72. The number of aryl methyl sites for hydroxylation is 1. The van der Waals surface area contributed by atoms with E-state index in [9.17, 15) is 13.2 Å². The minimum Gasteiger partial charge on any atom is -0.324 e. The topological polar surface area (TPSA) is 79.4 Å². The number of nitrogens with zero attached hydrogens (tertiary/aromatic N) is 2. The molecule has 0 spiro atoms. The molecule has 0 atom stereocenters. The van der Waals surface area contributed by atoms with Gasteiger partial charge in [0.05, 0.1) is 5.69 Å². The molecule has 0 aliphatic carbocycles. The number of halogens is 1. The van der Waals surface area contributed by atoms with Crippen molar-refractivity contribution in [2.24, 2.45) is 0 Å². The largest absolute Gasteiger partial charge is 0.324 e. The van der Waals surface area contributed by atoms with Crippen LogP contribution < -0.4 is 9.62 Å². The molecule has 3 aromatic rings. The van der Waals surface area contributed by atoms with E-state index in [0.29, 0.717) is 22.0 Å². The lowest BCUT2D eigenvalue weighted by atomic mass is 10.2. The van der Waals surface area contributed by atoms with Crippen LogP contribution in [-0.4, -0.2) is 25.9 Å². The molecule has 1 amide bonds. The Morgan fingerprint density at radius 1 is 1.07 bits per heavy atom. The highest BCUT2D eigenvalue weighted by atomic mass is 35.5. The number of sulfonamides is 1. The molecule has 0 bridgehead atoms. The molecule has 150 valence electrons. The van der Waals surface area contributed by atoms with Gasteiger partial charge in [-0.1, -0.05) is 35.4 Å². The van der Waals surface area contributed by atoms with Crippen LogP contribution in [0.2, 0.25) is 5.02 Å². The highest BCUT2D eigenvalue weighted by molar-refractivity contribution is 7.92. The molecule has 0 fully saturated rings. The molecule has 1 aromatic heterocycles. The zero-order chi connectivity index (χ0) is 21.0. The van der Waals surface area contributed by atoms with Crippen LogP contribution >= 0.6 is 11.6 Å². The molecule has 0 saturated heterocycles. The molecule has 0 saturated carbocycles.